The van der Waals surface area contributed by atoms with Gasteiger partial charge in [-0.15, -0.1) is 0 Å². The van der Waals surface area contributed by atoms with Crippen molar-refractivity contribution in [2.75, 3.05) is 5.32 Å². The average molecular weight is 396 g/mol. The number of hydrogen-bond donors (Lipinski definition) is 1. The van der Waals surface area contributed by atoms with Crippen molar-refractivity contribution in [2.45, 2.75) is 13.5 Å². The Bertz CT molecular complexity index is 1170. The van der Waals surface area contributed by atoms with E-state index in [1.165, 1.54) is 23.5 Å². The molecular formula is C20H17FN4O2S. The Hall–Kier alpha value is -3.26. The quantitative estimate of drug-likeness (QED) is 0.533. The SMILES string of the molecule is Cc1nc(-c2cccc(F)c2)sc1NC(=O)OCc1ccc2c(c1)ncn2C. The lowest BCUT2D eigenvalue weighted by molar-refractivity contribution is 0.155. The van der Waals surface area contributed by atoms with Crippen LogP contribution in [0.15, 0.2) is 48.8 Å². The molecule has 0 spiro atoms. The van der Waals surface area contributed by atoms with E-state index in [0.29, 0.717) is 21.3 Å². The molecule has 0 radical (unpaired) electrons. The number of fused-ring (bicyclic) bond motifs is 1. The fourth-order valence-corrected chi connectivity index (χ4v) is 3.75. The van der Waals surface area contributed by atoms with E-state index in [-0.39, 0.29) is 12.4 Å². The van der Waals surface area contributed by atoms with Gasteiger partial charge in [-0.3, -0.25) is 5.32 Å². The van der Waals surface area contributed by atoms with Crippen LogP contribution in [-0.4, -0.2) is 20.6 Å². The topological polar surface area (TPSA) is 69.0 Å². The molecule has 0 aliphatic rings. The highest BCUT2D eigenvalue weighted by molar-refractivity contribution is 7.19. The number of carbonyl (C=O) groups is 1. The van der Waals surface area contributed by atoms with Crippen LogP contribution in [0.3, 0.4) is 0 Å². The van der Waals surface area contributed by atoms with Crippen molar-refractivity contribution in [3.05, 3.63) is 65.9 Å². The number of anilines is 1. The molecular weight excluding hydrogens is 379 g/mol. The van der Waals surface area contributed by atoms with Gasteiger partial charge in [0.25, 0.3) is 0 Å². The number of aromatic nitrogens is 3. The van der Waals surface area contributed by atoms with Gasteiger partial charge in [-0.2, -0.15) is 0 Å². The number of carbonyl (C=O) groups excluding carboxylic acids is 1. The summed E-state index contributed by atoms with van der Waals surface area (Å²) in [5.74, 6) is -0.329. The van der Waals surface area contributed by atoms with Gasteiger partial charge in [-0.05, 0) is 36.8 Å². The number of benzene rings is 2. The van der Waals surface area contributed by atoms with Gasteiger partial charge in [0.2, 0.25) is 0 Å². The molecule has 142 valence electrons. The Morgan fingerprint density at radius 2 is 2.14 bits per heavy atom. The Labute approximate surface area is 164 Å². The molecule has 0 atom stereocenters. The van der Waals surface area contributed by atoms with Gasteiger partial charge in [-0.1, -0.05) is 29.5 Å². The lowest BCUT2D eigenvalue weighted by Gasteiger charge is -2.06. The van der Waals surface area contributed by atoms with Gasteiger partial charge in [-0.25, -0.2) is 19.2 Å². The molecule has 2 aromatic carbocycles. The highest BCUT2D eigenvalue weighted by atomic mass is 32.1. The van der Waals surface area contributed by atoms with Crippen LogP contribution >= 0.6 is 11.3 Å². The maximum atomic E-state index is 13.4. The zero-order valence-electron chi connectivity index (χ0n) is 15.3. The van der Waals surface area contributed by atoms with Crippen LogP contribution in [0.25, 0.3) is 21.6 Å². The molecule has 0 fully saturated rings. The number of nitrogens with zero attached hydrogens (tertiary/aromatic N) is 3. The second-order valence-electron chi connectivity index (χ2n) is 6.32. The molecule has 1 N–H and O–H groups in total. The monoisotopic (exact) mass is 396 g/mol. The van der Waals surface area contributed by atoms with Crippen molar-refractivity contribution in [1.82, 2.24) is 14.5 Å². The number of rotatable bonds is 4. The maximum Gasteiger partial charge on any atom is 0.412 e. The minimum absolute atomic E-state index is 0.132. The number of amides is 1. The van der Waals surface area contributed by atoms with Gasteiger partial charge in [0.1, 0.15) is 22.4 Å². The third kappa shape index (κ3) is 3.72. The first-order chi connectivity index (χ1) is 13.5. The third-order valence-electron chi connectivity index (χ3n) is 4.24. The number of ether oxygens (including phenoxy) is 1. The molecule has 0 bridgehead atoms. The number of halogens is 1. The summed E-state index contributed by atoms with van der Waals surface area (Å²) in [5.41, 5.74) is 4.03. The Balaban J connectivity index is 1.42. The zero-order chi connectivity index (χ0) is 19.7. The zero-order valence-corrected chi connectivity index (χ0v) is 16.1. The van der Waals surface area contributed by atoms with Crippen LogP contribution in [-0.2, 0) is 18.4 Å². The van der Waals surface area contributed by atoms with Crippen molar-refractivity contribution < 1.29 is 13.9 Å². The van der Waals surface area contributed by atoms with Crippen LogP contribution in [0.1, 0.15) is 11.3 Å². The first kappa shape index (κ1) is 18.1. The van der Waals surface area contributed by atoms with Crippen LogP contribution in [0, 0.1) is 12.7 Å². The lowest BCUT2D eigenvalue weighted by atomic mass is 10.2. The van der Waals surface area contributed by atoms with Gasteiger partial charge in [0.05, 0.1) is 23.1 Å². The summed E-state index contributed by atoms with van der Waals surface area (Å²) in [6.07, 6.45) is 1.17. The summed E-state index contributed by atoms with van der Waals surface area (Å²) in [4.78, 5) is 20.9. The van der Waals surface area contributed by atoms with E-state index in [0.717, 1.165) is 16.6 Å². The highest BCUT2D eigenvalue weighted by Crippen LogP contribution is 2.32. The fourth-order valence-electron chi connectivity index (χ4n) is 2.81. The van der Waals surface area contributed by atoms with Crippen molar-refractivity contribution >= 4 is 33.5 Å². The summed E-state index contributed by atoms with van der Waals surface area (Å²) in [7, 11) is 1.93. The van der Waals surface area contributed by atoms with Crippen molar-refractivity contribution in [3.63, 3.8) is 0 Å². The molecule has 4 aromatic rings. The largest absolute Gasteiger partial charge is 0.444 e. The van der Waals surface area contributed by atoms with Gasteiger partial charge < -0.3 is 9.30 Å². The van der Waals surface area contributed by atoms with Crippen molar-refractivity contribution in [1.29, 1.82) is 0 Å². The Morgan fingerprint density at radius 3 is 2.96 bits per heavy atom. The molecule has 0 aliphatic carbocycles. The molecule has 28 heavy (non-hydrogen) atoms. The number of aryl methyl sites for hydroxylation is 2. The predicted molar refractivity (Wildman–Crippen MR) is 107 cm³/mol. The van der Waals surface area contributed by atoms with Crippen molar-refractivity contribution in [3.8, 4) is 10.6 Å². The van der Waals surface area contributed by atoms with E-state index < -0.39 is 6.09 Å². The van der Waals surface area contributed by atoms with Crippen LogP contribution < -0.4 is 5.32 Å². The van der Waals surface area contributed by atoms with Crippen molar-refractivity contribution in [2.24, 2.45) is 7.05 Å². The molecule has 2 heterocycles. The number of imidazole rings is 1. The second-order valence-corrected chi connectivity index (χ2v) is 7.32. The Kier molecular flexibility index (Phi) is 4.79. The lowest BCUT2D eigenvalue weighted by Crippen LogP contribution is -2.13. The summed E-state index contributed by atoms with van der Waals surface area (Å²) in [6, 6.07) is 11.9. The van der Waals surface area contributed by atoms with Gasteiger partial charge in [0, 0.05) is 12.6 Å². The number of thiazole rings is 1. The summed E-state index contributed by atoms with van der Waals surface area (Å²) in [6.45, 7) is 1.91. The standard InChI is InChI=1S/C20H17FN4O2S/c1-12-18(28-19(23-12)14-4-3-5-15(21)9-14)24-20(26)27-10-13-6-7-17-16(8-13)22-11-25(17)2/h3-9,11H,10H2,1-2H3,(H,24,26). The molecule has 1 amide bonds. The smallest absolute Gasteiger partial charge is 0.412 e. The van der Waals surface area contributed by atoms with Crippen LogP contribution in [0.5, 0.6) is 0 Å². The molecule has 0 saturated carbocycles. The van der Waals surface area contributed by atoms with Gasteiger partial charge in [0.15, 0.2) is 0 Å². The minimum Gasteiger partial charge on any atom is -0.444 e. The molecule has 0 aliphatic heterocycles. The van der Waals surface area contributed by atoms with E-state index in [4.69, 9.17) is 4.74 Å². The summed E-state index contributed by atoms with van der Waals surface area (Å²) >= 11 is 1.27. The van der Waals surface area contributed by atoms with Gasteiger partial charge >= 0.3 is 6.09 Å². The summed E-state index contributed by atoms with van der Waals surface area (Å²) < 4.78 is 20.6. The first-order valence-corrected chi connectivity index (χ1v) is 9.38. The second kappa shape index (κ2) is 7.40. The van der Waals surface area contributed by atoms with E-state index in [9.17, 15) is 9.18 Å². The minimum atomic E-state index is -0.571. The van der Waals surface area contributed by atoms with E-state index in [1.807, 2.05) is 29.8 Å². The van der Waals surface area contributed by atoms with Crippen LogP contribution in [0.4, 0.5) is 14.2 Å². The Morgan fingerprint density at radius 1 is 1.29 bits per heavy atom. The molecule has 4 rings (SSSR count). The molecule has 6 nitrogen and oxygen atoms in total. The molecule has 0 unspecified atom stereocenters. The van der Waals surface area contributed by atoms with E-state index in [2.05, 4.69) is 15.3 Å². The maximum absolute atomic E-state index is 13.4. The number of hydrogen-bond acceptors (Lipinski definition) is 5. The normalized spacial score (nSPS) is 11.0. The first-order valence-electron chi connectivity index (χ1n) is 8.57. The predicted octanol–water partition coefficient (Wildman–Crippen LogP) is 4.89. The fraction of sp³-hybridized carbons (Fsp3) is 0.150. The number of nitrogens with one attached hydrogen (secondary N) is 1. The molecule has 2 aromatic heterocycles. The molecule has 8 heteroatoms. The average Bonchev–Trinajstić information content (AvgIpc) is 3.23. The van der Waals surface area contributed by atoms with Crippen LogP contribution in [0.2, 0.25) is 0 Å². The highest BCUT2D eigenvalue weighted by Gasteiger charge is 2.13. The van der Waals surface area contributed by atoms with E-state index >= 15 is 0 Å². The van der Waals surface area contributed by atoms with E-state index in [1.54, 1.807) is 25.4 Å². The molecule has 0 saturated heterocycles. The summed E-state index contributed by atoms with van der Waals surface area (Å²) in [5, 5.41) is 3.91. The third-order valence-corrected chi connectivity index (χ3v) is 5.37.